The molecule has 0 aromatic rings. The molecule has 72 valence electrons. The molecule has 0 aliphatic heterocycles. The van der Waals surface area contributed by atoms with Gasteiger partial charge in [-0.05, 0) is 30.9 Å². The van der Waals surface area contributed by atoms with E-state index in [1.54, 1.807) is 0 Å². The van der Waals surface area contributed by atoms with Gasteiger partial charge in [0.1, 0.15) is 0 Å². The highest BCUT2D eigenvalue weighted by molar-refractivity contribution is 6.63. The van der Waals surface area contributed by atoms with Crippen LogP contribution in [0.4, 0.5) is 0 Å². The summed E-state index contributed by atoms with van der Waals surface area (Å²) in [7, 11) is 0. The summed E-state index contributed by atoms with van der Waals surface area (Å²) < 4.78 is 5.16. The predicted octanol–water partition coefficient (Wildman–Crippen LogP) is 1.32. The molecule has 0 aromatic heterocycles. The normalized spacial score (nSPS) is 10.2. The fourth-order valence-corrected chi connectivity index (χ4v) is 0.865. The summed E-state index contributed by atoms with van der Waals surface area (Å²) in [5.74, 6) is 0. The predicted molar refractivity (Wildman–Crippen MR) is 47.2 cm³/mol. The van der Waals surface area contributed by atoms with Crippen LogP contribution in [0.2, 0.25) is 0 Å². The highest BCUT2D eigenvalue weighted by Crippen LogP contribution is 1.96. The van der Waals surface area contributed by atoms with Crippen LogP contribution >= 0.6 is 11.6 Å². The number of ether oxygens (including phenoxy) is 1. The molecule has 3 nitrogen and oxygen atoms in total. The number of halogens is 1. The average molecular weight is 195 g/mol. The van der Waals surface area contributed by atoms with Crippen molar-refractivity contribution in [2.45, 2.75) is 25.7 Å². The Balaban J connectivity index is 2.86. The van der Waals surface area contributed by atoms with E-state index >= 15 is 0 Å². The van der Waals surface area contributed by atoms with Gasteiger partial charge >= 0.3 is 0 Å². The Morgan fingerprint density at radius 1 is 1.25 bits per heavy atom. The van der Waals surface area contributed by atoms with E-state index < -0.39 is 0 Å². The second kappa shape index (κ2) is 8.97. The Labute approximate surface area is 77.7 Å². The molecule has 0 aliphatic carbocycles. The maximum absolute atomic E-state index is 10.3. The topological polar surface area (TPSA) is 46.5 Å². The van der Waals surface area contributed by atoms with E-state index in [0.717, 1.165) is 12.8 Å². The first kappa shape index (κ1) is 11.9. The van der Waals surface area contributed by atoms with Crippen molar-refractivity contribution < 1.29 is 14.6 Å². The number of aliphatic hydroxyl groups is 1. The van der Waals surface area contributed by atoms with E-state index in [4.69, 9.17) is 21.4 Å². The third-order valence-corrected chi connectivity index (χ3v) is 1.55. The first-order chi connectivity index (χ1) is 5.77. The molecule has 0 radical (unpaired) electrons. The number of hydrogen-bond donors (Lipinski definition) is 1. The lowest BCUT2D eigenvalue weighted by Gasteiger charge is -2.01. The van der Waals surface area contributed by atoms with Crippen LogP contribution in [0, 0.1) is 0 Å². The van der Waals surface area contributed by atoms with Crippen molar-refractivity contribution in [3.05, 3.63) is 0 Å². The van der Waals surface area contributed by atoms with Gasteiger partial charge in [0, 0.05) is 26.2 Å². The van der Waals surface area contributed by atoms with E-state index in [-0.39, 0.29) is 11.8 Å². The van der Waals surface area contributed by atoms with E-state index in [0.29, 0.717) is 26.1 Å². The third kappa shape index (κ3) is 9.88. The van der Waals surface area contributed by atoms with Crippen LogP contribution in [-0.2, 0) is 9.53 Å². The largest absolute Gasteiger partial charge is 0.396 e. The first-order valence-corrected chi connectivity index (χ1v) is 4.52. The Hall–Kier alpha value is -0.120. The molecule has 0 saturated heterocycles. The van der Waals surface area contributed by atoms with Crippen molar-refractivity contribution in [1.29, 1.82) is 0 Å². The summed E-state index contributed by atoms with van der Waals surface area (Å²) in [6, 6.07) is 0. The molecule has 0 atom stereocenters. The summed E-state index contributed by atoms with van der Waals surface area (Å²) in [5.41, 5.74) is 0. The van der Waals surface area contributed by atoms with Crippen LogP contribution < -0.4 is 0 Å². The van der Waals surface area contributed by atoms with Gasteiger partial charge in [-0.3, -0.25) is 4.79 Å². The van der Waals surface area contributed by atoms with Gasteiger partial charge in [-0.1, -0.05) is 0 Å². The van der Waals surface area contributed by atoms with Crippen molar-refractivity contribution >= 4 is 16.8 Å². The molecule has 0 amide bonds. The molecule has 0 saturated carbocycles. The highest BCUT2D eigenvalue weighted by atomic mass is 35.5. The minimum Gasteiger partial charge on any atom is -0.396 e. The van der Waals surface area contributed by atoms with Crippen LogP contribution in [0.25, 0.3) is 0 Å². The van der Waals surface area contributed by atoms with Gasteiger partial charge in [0.15, 0.2) is 0 Å². The molecule has 1 N–H and O–H groups in total. The molecule has 0 fully saturated rings. The van der Waals surface area contributed by atoms with Gasteiger partial charge in [0.25, 0.3) is 0 Å². The van der Waals surface area contributed by atoms with Crippen molar-refractivity contribution in [1.82, 2.24) is 0 Å². The number of aliphatic hydroxyl groups excluding tert-OH is 1. The van der Waals surface area contributed by atoms with Gasteiger partial charge in [0.05, 0.1) is 0 Å². The summed E-state index contributed by atoms with van der Waals surface area (Å²) in [6.45, 7) is 1.43. The molecule has 0 unspecified atom stereocenters. The zero-order valence-electron chi connectivity index (χ0n) is 7.09. The molecular weight excluding hydrogens is 180 g/mol. The highest BCUT2D eigenvalue weighted by Gasteiger charge is 1.95. The second-order valence-corrected chi connectivity index (χ2v) is 2.92. The molecule has 0 heterocycles. The van der Waals surface area contributed by atoms with E-state index in [9.17, 15) is 4.79 Å². The number of carbonyl (C=O) groups is 1. The van der Waals surface area contributed by atoms with Crippen molar-refractivity contribution in [2.24, 2.45) is 0 Å². The number of carbonyl (C=O) groups excluding carboxylic acids is 1. The van der Waals surface area contributed by atoms with E-state index in [2.05, 4.69) is 0 Å². The van der Waals surface area contributed by atoms with Crippen molar-refractivity contribution in [3.8, 4) is 0 Å². The zero-order valence-corrected chi connectivity index (χ0v) is 7.85. The Morgan fingerprint density at radius 3 is 2.50 bits per heavy atom. The maximum Gasteiger partial charge on any atom is 0.221 e. The number of rotatable bonds is 8. The smallest absolute Gasteiger partial charge is 0.221 e. The summed E-state index contributed by atoms with van der Waals surface area (Å²) >= 11 is 5.11. The third-order valence-electron chi connectivity index (χ3n) is 1.36. The monoisotopic (exact) mass is 194 g/mol. The molecular formula is C8H15ClO3. The zero-order chi connectivity index (χ0) is 9.23. The molecule has 0 spiro atoms. The molecule has 0 aromatic carbocycles. The fourth-order valence-electron chi connectivity index (χ4n) is 0.731. The van der Waals surface area contributed by atoms with Crippen LogP contribution in [-0.4, -0.2) is 30.2 Å². The Bertz CT molecular complexity index is 117. The summed E-state index contributed by atoms with van der Waals surface area (Å²) in [4.78, 5) is 10.3. The van der Waals surface area contributed by atoms with Gasteiger partial charge < -0.3 is 9.84 Å². The first-order valence-electron chi connectivity index (χ1n) is 4.14. The van der Waals surface area contributed by atoms with Crippen LogP contribution in [0.15, 0.2) is 0 Å². The van der Waals surface area contributed by atoms with Gasteiger partial charge in [0.2, 0.25) is 5.24 Å². The Morgan fingerprint density at radius 2 is 1.92 bits per heavy atom. The quantitative estimate of drug-likeness (QED) is 0.468. The van der Waals surface area contributed by atoms with E-state index in [1.807, 2.05) is 0 Å². The number of hydrogen-bond acceptors (Lipinski definition) is 3. The lowest BCUT2D eigenvalue weighted by atomic mass is 10.3. The number of unbranched alkanes of at least 4 members (excludes halogenated alkanes) is 1. The molecule has 4 heteroatoms. The summed E-state index contributed by atoms with van der Waals surface area (Å²) in [6.07, 6.45) is 2.70. The van der Waals surface area contributed by atoms with E-state index in [1.165, 1.54) is 0 Å². The molecule has 12 heavy (non-hydrogen) atoms. The fraction of sp³-hybridized carbons (Fsp3) is 0.875. The minimum absolute atomic E-state index is 0.212. The van der Waals surface area contributed by atoms with Gasteiger partial charge in [-0.15, -0.1) is 0 Å². The summed E-state index contributed by atoms with van der Waals surface area (Å²) in [5, 5.41) is 8.11. The maximum atomic E-state index is 10.3. The molecule has 0 rings (SSSR count). The van der Waals surface area contributed by atoms with Gasteiger partial charge in [-0.2, -0.15) is 0 Å². The van der Waals surface area contributed by atoms with Crippen LogP contribution in [0.5, 0.6) is 0 Å². The lowest BCUT2D eigenvalue weighted by Crippen LogP contribution is -1.99. The van der Waals surface area contributed by atoms with Crippen molar-refractivity contribution in [3.63, 3.8) is 0 Å². The Kier molecular flexibility index (Phi) is 8.88. The molecule has 0 aliphatic rings. The second-order valence-electron chi connectivity index (χ2n) is 2.50. The van der Waals surface area contributed by atoms with Gasteiger partial charge in [-0.25, -0.2) is 0 Å². The molecule has 0 bridgehead atoms. The van der Waals surface area contributed by atoms with Crippen LogP contribution in [0.1, 0.15) is 25.7 Å². The van der Waals surface area contributed by atoms with Crippen LogP contribution in [0.3, 0.4) is 0 Å². The van der Waals surface area contributed by atoms with Crippen molar-refractivity contribution in [2.75, 3.05) is 19.8 Å². The SMILES string of the molecule is O=C(Cl)CCCOCCCCO. The lowest BCUT2D eigenvalue weighted by molar-refractivity contribution is -0.112. The average Bonchev–Trinajstić information content (AvgIpc) is 2.02. The standard InChI is InChI=1S/C8H15ClO3/c9-8(11)4-3-7-12-6-2-1-5-10/h10H,1-7H2. The minimum atomic E-state index is -0.311.